The average Bonchev–Trinajstić information content (AvgIpc) is 2.70. The molecule has 6 atom stereocenters. The Hall–Kier alpha value is -0.870. The van der Waals surface area contributed by atoms with Gasteiger partial charge < -0.3 is 4.74 Å². The van der Waals surface area contributed by atoms with Gasteiger partial charge in [-0.1, -0.05) is 20.8 Å². The van der Waals surface area contributed by atoms with Crippen LogP contribution in [-0.4, -0.2) is 63.0 Å². The van der Waals surface area contributed by atoms with Crippen molar-refractivity contribution in [3.05, 3.63) is 0 Å². The Morgan fingerprint density at radius 3 is 2.30 bits per heavy atom. The van der Waals surface area contributed by atoms with Crippen LogP contribution in [0, 0.1) is 29.6 Å². The van der Waals surface area contributed by atoms with Gasteiger partial charge in [-0.3, -0.25) is 9.69 Å². The Labute approximate surface area is 196 Å². The van der Waals surface area contributed by atoms with Gasteiger partial charge in [0.2, 0.25) is 10.0 Å². The van der Waals surface area contributed by atoms with Crippen LogP contribution in [0.3, 0.4) is 0 Å². The third-order valence-corrected chi connectivity index (χ3v) is 10.4. The van der Waals surface area contributed by atoms with E-state index in [2.05, 4.69) is 11.6 Å². The lowest BCUT2D eigenvalue weighted by atomic mass is 9.73. The van der Waals surface area contributed by atoms with E-state index in [1.54, 1.807) is 4.90 Å². The number of nitrogens with zero attached hydrogens (tertiary/aromatic N) is 1. The van der Waals surface area contributed by atoms with Gasteiger partial charge in [0.1, 0.15) is 6.04 Å². The molecule has 10 heteroatoms. The Balaban J connectivity index is 1.73. The van der Waals surface area contributed by atoms with Crippen molar-refractivity contribution in [1.29, 1.82) is 0 Å². The summed E-state index contributed by atoms with van der Waals surface area (Å²) in [5.41, 5.74) is 0. The summed E-state index contributed by atoms with van der Waals surface area (Å²) in [7, 11) is -2.79. The molecule has 2 aliphatic carbocycles. The zero-order valence-corrected chi connectivity index (χ0v) is 20.9. The summed E-state index contributed by atoms with van der Waals surface area (Å²) in [6.07, 6.45) is 0.141. The number of piperidine rings is 1. The second-order valence-corrected chi connectivity index (χ2v) is 12.6. The SMILES string of the molecule is COC(=O)C1CCC2C(CCCN2CC(NS(=O)(=O)C2C(C)CC(C)CC2C)C(F)(F)F)C1. The molecule has 2 saturated carbocycles. The second kappa shape index (κ2) is 10.4. The molecule has 1 N–H and O–H groups in total. The highest BCUT2D eigenvalue weighted by atomic mass is 32.2. The molecule has 1 heterocycles. The first kappa shape index (κ1) is 26.7. The van der Waals surface area contributed by atoms with Crippen molar-refractivity contribution in [3.63, 3.8) is 0 Å². The molecule has 192 valence electrons. The second-order valence-electron chi connectivity index (χ2n) is 10.8. The van der Waals surface area contributed by atoms with Crippen LogP contribution in [0.5, 0.6) is 0 Å². The quantitative estimate of drug-likeness (QED) is 0.564. The van der Waals surface area contributed by atoms with Crippen LogP contribution in [0.2, 0.25) is 0 Å². The molecule has 3 fully saturated rings. The fraction of sp³-hybridized carbons (Fsp3) is 0.957. The number of methoxy groups -OCH3 is 1. The van der Waals surface area contributed by atoms with Gasteiger partial charge in [-0.25, -0.2) is 13.1 Å². The van der Waals surface area contributed by atoms with Gasteiger partial charge >= 0.3 is 12.1 Å². The molecule has 3 aliphatic rings. The molecule has 0 bridgehead atoms. The summed E-state index contributed by atoms with van der Waals surface area (Å²) in [5.74, 6) is -0.347. The van der Waals surface area contributed by atoms with Crippen molar-refractivity contribution in [2.45, 2.75) is 89.2 Å². The van der Waals surface area contributed by atoms with Crippen molar-refractivity contribution in [3.8, 4) is 0 Å². The van der Waals surface area contributed by atoms with Crippen molar-refractivity contribution in [1.82, 2.24) is 9.62 Å². The maximum absolute atomic E-state index is 14.1. The lowest BCUT2D eigenvalue weighted by Gasteiger charge is -2.47. The molecule has 33 heavy (non-hydrogen) atoms. The van der Waals surface area contributed by atoms with Crippen LogP contribution < -0.4 is 4.72 Å². The number of esters is 1. The van der Waals surface area contributed by atoms with Crippen LogP contribution in [-0.2, 0) is 19.6 Å². The van der Waals surface area contributed by atoms with Crippen molar-refractivity contribution < 1.29 is 31.1 Å². The minimum absolute atomic E-state index is 0.0672. The minimum Gasteiger partial charge on any atom is -0.469 e. The molecule has 0 aromatic rings. The van der Waals surface area contributed by atoms with E-state index < -0.39 is 34.0 Å². The molecule has 1 saturated heterocycles. The Kier molecular flexibility index (Phi) is 8.42. The van der Waals surface area contributed by atoms with Gasteiger partial charge in [-0.15, -0.1) is 0 Å². The number of nitrogens with one attached hydrogen (secondary N) is 1. The molecular formula is C23H39F3N2O4S. The van der Waals surface area contributed by atoms with Gasteiger partial charge in [0.25, 0.3) is 0 Å². The van der Waals surface area contributed by atoms with Gasteiger partial charge in [0.05, 0.1) is 18.3 Å². The van der Waals surface area contributed by atoms with Gasteiger partial charge in [0, 0.05) is 12.6 Å². The lowest BCUT2D eigenvalue weighted by molar-refractivity contribution is -0.159. The van der Waals surface area contributed by atoms with Gasteiger partial charge in [0.15, 0.2) is 0 Å². The van der Waals surface area contributed by atoms with Gasteiger partial charge in [-0.2, -0.15) is 13.2 Å². The van der Waals surface area contributed by atoms with Crippen LogP contribution in [0.15, 0.2) is 0 Å². The number of halogens is 3. The first-order chi connectivity index (χ1) is 15.3. The highest BCUT2D eigenvalue weighted by molar-refractivity contribution is 7.90. The highest BCUT2D eigenvalue weighted by Crippen LogP contribution is 2.40. The molecule has 1 aliphatic heterocycles. The Morgan fingerprint density at radius 1 is 1.09 bits per heavy atom. The normalized spacial score (nSPS) is 37.2. The third kappa shape index (κ3) is 6.23. The summed E-state index contributed by atoms with van der Waals surface area (Å²) < 4.78 is 75.4. The van der Waals surface area contributed by atoms with E-state index in [1.807, 2.05) is 13.8 Å². The molecule has 3 rings (SSSR count). The minimum atomic E-state index is -4.68. The van der Waals surface area contributed by atoms with Crippen molar-refractivity contribution >= 4 is 16.0 Å². The lowest BCUT2D eigenvalue weighted by Crippen LogP contribution is -2.59. The predicted molar refractivity (Wildman–Crippen MR) is 120 cm³/mol. The number of sulfonamides is 1. The fourth-order valence-corrected chi connectivity index (χ4v) is 9.10. The maximum Gasteiger partial charge on any atom is 0.406 e. The number of carbonyl (C=O) groups is 1. The van der Waals surface area contributed by atoms with Crippen LogP contribution >= 0.6 is 0 Å². The number of alkyl halides is 3. The van der Waals surface area contributed by atoms with Crippen LogP contribution in [0.1, 0.15) is 65.7 Å². The largest absolute Gasteiger partial charge is 0.469 e. The average molecular weight is 497 g/mol. The van der Waals surface area contributed by atoms with E-state index in [4.69, 9.17) is 4.74 Å². The number of ether oxygens (including phenoxy) is 1. The summed E-state index contributed by atoms with van der Waals surface area (Å²) in [6.45, 7) is 5.83. The van der Waals surface area contributed by atoms with Crippen LogP contribution in [0.25, 0.3) is 0 Å². The molecule has 0 radical (unpaired) electrons. The van der Waals surface area contributed by atoms with Crippen molar-refractivity contribution in [2.75, 3.05) is 20.2 Å². The number of hydrogen-bond donors (Lipinski definition) is 1. The Bertz CT molecular complexity index is 779. The topological polar surface area (TPSA) is 75.7 Å². The van der Waals surface area contributed by atoms with Crippen molar-refractivity contribution in [2.24, 2.45) is 29.6 Å². The Morgan fingerprint density at radius 2 is 1.73 bits per heavy atom. The molecule has 0 spiro atoms. The number of fused-ring (bicyclic) bond motifs is 1. The fourth-order valence-electron chi connectivity index (χ4n) is 6.89. The first-order valence-electron chi connectivity index (χ1n) is 12.2. The number of hydrogen-bond acceptors (Lipinski definition) is 5. The third-order valence-electron chi connectivity index (χ3n) is 8.11. The molecule has 0 amide bonds. The summed E-state index contributed by atoms with van der Waals surface area (Å²) >= 11 is 0. The van der Waals surface area contributed by atoms with Crippen LogP contribution in [0.4, 0.5) is 13.2 Å². The van der Waals surface area contributed by atoms with E-state index in [0.29, 0.717) is 44.6 Å². The predicted octanol–water partition coefficient (Wildman–Crippen LogP) is 3.96. The summed E-state index contributed by atoms with van der Waals surface area (Å²) in [5, 5.41) is -0.817. The zero-order chi connectivity index (χ0) is 24.6. The smallest absolute Gasteiger partial charge is 0.406 e. The summed E-state index contributed by atoms with van der Waals surface area (Å²) in [6, 6.07) is -2.21. The summed E-state index contributed by atoms with van der Waals surface area (Å²) in [4.78, 5) is 13.8. The first-order valence-corrected chi connectivity index (χ1v) is 13.8. The number of rotatable bonds is 6. The van der Waals surface area contributed by atoms with E-state index >= 15 is 0 Å². The monoisotopic (exact) mass is 496 g/mol. The zero-order valence-electron chi connectivity index (χ0n) is 20.1. The van der Waals surface area contributed by atoms with E-state index in [9.17, 15) is 26.4 Å². The van der Waals surface area contributed by atoms with E-state index in [1.165, 1.54) is 7.11 Å². The molecule has 6 unspecified atom stereocenters. The molecule has 0 aromatic heterocycles. The highest BCUT2D eigenvalue weighted by Gasteiger charge is 2.49. The number of likely N-dealkylation sites (tertiary alicyclic amines) is 1. The number of carbonyl (C=O) groups excluding carboxylic acids is 1. The van der Waals surface area contributed by atoms with E-state index in [-0.39, 0.29) is 35.7 Å². The standard InChI is InChI=1S/C23H39F3N2O4S/c1-14-10-15(2)21(16(3)11-14)33(30,31)27-20(23(24,25)26)13-28-9-5-6-17-12-18(22(29)32-4)7-8-19(17)28/h14-21,27H,5-13H2,1-4H3. The maximum atomic E-state index is 14.1. The molecule has 6 nitrogen and oxygen atoms in total. The molecular weight excluding hydrogens is 457 g/mol. The molecule has 0 aromatic carbocycles. The van der Waals surface area contributed by atoms with Gasteiger partial charge in [-0.05, 0) is 75.2 Å². The van der Waals surface area contributed by atoms with E-state index in [0.717, 1.165) is 12.8 Å².